The van der Waals surface area contributed by atoms with Crippen LogP contribution in [-0.4, -0.2) is 26.9 Å². The Morgan fingerprint density at radius 3 is 2.28 bits per heavy atom. The standard InChI is InChI=1S/C19H23NO5/c1-4-5-12-24-14-6-8-15(9-7-14)25-19(21)20-17-11-10-16(22-2)13-18(17)23-3/h6-11,13H,4-5,12H2,1-3H3,(H,20,21). The van der Waals surface area contributed by atoms with E-state index in [-0.39, 0.29) is 0 Å². The van der Waals surface area contributed by atoms with E-state index >= 15 is 0 Å². The van der Waals surface area contributed by atoms with Crippen molar-refractivity contribution >= 4 is 11.8 Å². The second-order valence-corrected chi connectivity index (χ2v) is 5.25. The summed E-state index contributed by atoms with van der Waals surface area (Å²) in [5.41, 5.74) is 0.493. The van der Waals surface area contributed by atoms with Crippen LogP contribution in [0, 0.1) is 0 Å². The number of unbranched alkanes of at least 4 members (excludes halogenated alkanes) is 1. The molecule has 0 spiro atoms. The molecule has 2 aromatic rings. The van der Waals surface area contributed by atoms with Crippen molar-refractivity contribution in [3.05, 3.63) is 42.5 Å². The third kappa shape index (κ3) is 5.60. The van der Waals surface area contributed by atoms with E-state index in [2.05, 4.69) is 12.2 Å². The number of hydrogen-bond acceptors (Lipinski definition) is 5. The van der Waals surface area contributed by atoms with E-state index in [9.17, 15) is 4.79 Å². The van der Waals surface area contributed by atoms with Gasteiger partial charge in [-0.1, -0.05) is 13.3 Å². The van der Waals surface area contributed by atoms with Crippen molar-refractivity contribution in [3.63, 3.8) is 0 Å². The number of carbonyl (C=O) groups excluding carboxylic acids is 1. The van der Waals surface area contributed by atoms with Gasteiger partial charge in [-0.3, -0.25) is 5.32 Å². The highest BCUT2D eigenvalue weighted by atomic mass is 16.6. The van der Waals surface area contributed by atoms with Crippen molar-refractivity contribution in [2.45, 2.75) is 19.8 Å². The predicted octanol–water partition coefficient (Wildman–Crippen LogP) is 4.49. The summed E-state index contributed by atoms with van der Waals surface area (Å²) >= 11 is 0. The van der Waals surface area contributed by atoms with Crippen molar-refractivity contribution in [1.82, 2.24) is 0 Å². The Balaban J connectivity index is 1.94. The first-order chi connectivity index (χ1) is 12.2. The molecule has 0 radical (unpaired) electrons. The highest BCUT2D eigenvalue weighted by molar-refractivity contribution is 5.88. The molecular weight excluding hydrogens is 322 g/mol. The molecule has 0 aliphatic heterocycles. The molecule has 0 saturated carbocycles. The van der Waals surface area contributed by atoms with Crippen LogP contribution in [0.2, 0.25) is 0 Å². The number of ether oxygens (including phenoxy) is 4. The van der Waals surface area contributed by atoms with E-state index in [1.807, 2.05) is 0 Å². The molecule has 134 valence electrons. The normalized spacial score (nSPS) is 10.0. The molecule has 6 nitrogen and oxygen atoms in total. The average molecular weight is 345 g/mol. The molecule has 0 aliphatic rings. The van der Waals surface area contributed by atoms with E-state index in [4.69, 9.17) is 18.9 Å². The smallest absolute Gasteiger partial charge is 0.417 e. The monoisotopic (exact) mass is 345 g/mol. The highest BCUT2D eigenvalue weighted by Crippen LogP contribution is 2.29. The molecule has 0 heterocycles. The van der Waals surface area contributed by atoms with Gasteiger partial charge in [0.1, 0.15) is 23.0 Å². The first-order valence-electron chi connectivity index (χ1n) is 8.10. The third-order valence-corrected chi connectivity index (χ3v) is 3.45. The Morgan fingerprint density at radius 2 is 1.64 bits per heavy atom. The van der Waals surface area contributed by atoms with Gasteiger partial charge in [-0.25, -0.2) is 4.79 Å². The third-order valence-electron chi connectivity index (χ3n) is 3.45. The van der Waals surface area contributed by atoms with Crippen LogP contribution in [0.25, 0.3) is 0 Å². The molecule has 6 heteroatoms. The van der Waals surface area contributed by atoms with Crippen LogP contribution >= 0.6 is 0 Å². The Hall–Kier alpha value is -2.89. The van der Waals surface area contributed by atoms with Gasteiger partial charge in [0.25, 0.3) is 0 Å². The Bertz CT molecular complexity index is 685. The zero-order chi connectivity index (χ0) is 18.1. The fourth-order valence-corrected chi connectivity index (χ4v) is 2.08. The number of carbonyl (C=O) groups is 1. The summed E-state index contributed by atoms with van der Waals surface area (Å²) < 4.78 is 21.2. The quantitative estimate of drug-likeness (QED) is 0.714. The summed E-state index contributed by atoms with van der Waals surface area (Å²) in [6, 6.07) is 12.0. The molecule has 0 atom stereocenters. The summed E-state index contributed by atoms with van der Waals surface area (Å²) in [5, 5.41) is 2.64. The van der Waals surface area contributed by atoms with E-state index in [0.29, 0.717) is 29.5 Å². The van der Waals surface area contributed by atoms with Crippen molar-refractivity contribution in [1.29, 1.82) is 0 Å². The molecule has 0 bridgehead atoms. The lowest BCUT2D eigenvalue weighted by molar-refractivity contribution is 0.215. The first kappa shape index (κ1) is 18.4. The molecule has 0 aromatic heterocycles. The summed E-state index contributed by atoms with van der Waals surface area (Å²) in [6.07, 6.45) is 1.48. The molecule has 2 rings (SSSR count). The lowest BCUT2D eigenvalue weighted by Gasteiger charge is -2.12. The number of benzene rings is 2. The maximum absolute atomic E-state index is 12.0. The first-order valence-corrected chi connectivity index (χ1v) is 8.10. The minimum absolute atomic E-state index is 0.424. The minimum Gasteiger partial charge on any atom is -0.497 e. The maximum atomic E-state index is 12.0. The Morgan fingerprint density at radius 1 is 0.960 bits per heavy atom. The molecule has 0 unspecified atom stereocenters. The van der Waals surface area contributed by atoms with Gasteiger partial charge in [0.15, 0.2) is 0 Å². The van der Waals surface area contributed by atoms with Crippen LogP contribution in [-0.2, 0) is 0 Å². The number of rotatable bonds is 8. The van der Waals surface area contributed by atoms with Crippen molar-refractivity contribution in [2.24, 2.45) is 0 Å². The topological polar surface area (TPSA) is 66.0 Å². The fraction of sp³-hybridized carbons (Fsp3) is 0.316. The predicted molar refractivity (Wildman–Crippen MR) is 96.0 cm³/mol. The van der Waals surface area contributed by atoms with Crippen LogP contribution in [0.15, 0.2) is 42.5 Å². The van der Waals surface area contributed by atoms with E-state index in [1.165, 1.54) is 7.11 Å². The SMILES string of the molecule is CCCCOc1ccc(OC(=O)Nc2ccc(OC)cc2OC)cc1. The average Bonchev–Trinajstić information content (AvgIpc) is 2.63. The summed E-state index contributed by atoms with van der Waals surface area (Å²) in [7, 11) is 3.08. The van der Waals surface area contributed by atoms with Gasteiger partial charge in [0.05, 0.1) is 26.5 Å². The van der Waals surface area contributed by atoms with Crippen molar-refractivity contribution in [3.8, 4) is 23.0 Å². The van der Waals surface area contributed by atoms with Crippen LogP contribution in [0.5, 0.6) is 23.0 Å². The Kier molecular flexibility index (Phi) is 6.95. The number of anilines is 1. The molecule has 25 heavy (non-hydrogen) atoms. The number of hydrogen-bond donors (Lipinski definition) is 1. The van der Waals surface area contributed by atoms with Gasteiger partial charge >= 0.3 is 6.09 Å². The number of methoxy groups -OCH3 is 2. The lowest BCUT2D eigenvalue weighted by atomic mass is 10.2. The van der Waals surface area contributed by atoms with Gasteiger partial charge < -0.3 is 18.9 Å². The van der Waals surface area contributed by atoms with Crippen LogP contribution in [0.4, 0.5) is 10.5 Å². The second-order valence-electron chi connectivity index (χ2n) is 5.25. The van der Waals surface area contributed by atoms with Crippen molar-refractivity contribution in [2.75, 3.05) is 26.1 Å². The van der Waals surface area contributed by atoms with Crippen LogP contribution in [0.3, 0.4) is 0 Å². The zero-order valence-corrected chi connectivity index (χ0v) is 14.7. The molecular formula is C19H23NO5. The largest absolute Gasteiger partial charge is 0.497 e. The van der Waals surface area contributed by atoms with Crippen LogP contribution in [0.1, 0.15) is 19.8 Å². The van der Waals surface area contributed by atoms with Gasteiger partial charge in [-0.2, -0.15) is 0 Å². The van der Waals surface area contributed by atoms with Gasteiger partial charge in [-0.05, 0) is 42.8 Å². The van der Waals surface area contributed by atoms with Crippen molar-refractivity contribution < 1.29 is 23.7 Å². The van der Waals surface area contributed by atoms with Gasteiger partial charge in [-0.15, -0.1) is 0 Å². The summed E-state index contributed by atoms with van der Waals surface area (Å²) in [4.78, 5) is 12.0. The second kappa shape index (κ2) is 9.42. The minimum atomic E-state index is -0.608. The van der Waals surface area contributed by atoms with Gasteiger partial charge in [0, 0.05) is 6.07 Å². The van der Waals surface area contributed by atoms with E-state index in [0.717, 1.165) is 18.6 Å². The molecule has 2 aromatic carbocycles. The fourth-order valence-electron chi connectivity index (χ4n) is 2.08. The van der Waals surface area contributed by atoms with E-state index in [1.54, 1.807) is 49.6 Å². The molecule has 1 N–H and O–H groups in total. The molecule has 1 amide bonds. The lowest BCUT2D eigenvalue weighted by Crippen LogP contribution is -2.17. The van der Waals surface area contributed by atoms with E-state index < -0.39 is 6.09 Å². The number of nitrogens with one attached hydrogen (secondary N) is 1. The number of amides is 1. The molecule has 0 saturated heterocycles. The summed E-state index contributed by atoms with van der Waals surface area (Å²) in [5.74, 6) is 2.29. The van der Waals surface area contributed by atoms with Crippen LogP contribution < -0.4 is 24.3 Å². The maximum Gasteiger partial charge on any atom is 0.417 e. The summed E-state index contributed by atoms with van der Waals surface area (Å²) in [6.45, 7) is 2.78. The van der Waals surface area contributed by atoms with Gasteiger partial charge in [0.2, 0.25) is 0 Å². The Labute approximate surface area is 147 Å². The highest BCUT2D eigenvalue weighted by Gasteiger charge is 2.10. The molecule has 0 fully saturated rings. The zero-order valence-electron chi connectivity index (χ0n) is 14.7. The molecule has 0 aliphatic carbocycles.